The maximum Gasteiger partial charge on any atom is 0.338 e. The molecule has 0 fully saturated rings. The fraction of sp³-hybridized carbons (Fsp3) is 0.294. The van der Waals surface area contributed by atoms with Crippen LogP contribution in [0.25, 0.3) is 17.4 Å². The summed E-state index contributed by atoms with van der Waals surface area (Å²) in [5.41, 5.74) is 3.51. The number of furan rings is 1. The third-order valence-electron chi connectivity index (χ3n) is 6.99. The van der Waals surface area contributed by atoms with Gasteiger partial charge in [-0.15, -0.1) is 11.8 Å². The van der Waals surface area contributed by atoms with Gasteiger partial charge in [0.1, 0.15) is 11.5 Å². The number of esters is 2. The normalized spacial score (nSPS) is 15.0. The third-order valence-corrected chi connectivity index (χ3v) is 8.71. The standard InChI is InChI=1S/C34H34N2O6S2/c1-18(2)40-32(38)23-10-14-26(20(5)16-23)27-15-11-24(42-27)17-28-31(37)36-30(22-8-12-25(43-7)13-9-22)29(33(39)41-19(3)4)21(6)35-34(36)44-28/h8-19,30H,1-7H3/b28-17-/t30-/m1/s1. The van der Waals surface area contributed by atoms with Crippen LogP contribution in [0.4, 0.5) is 0 Å². The summed E-state index contributed by atoms with van der Waals surface area (Å²) in [7, 11) is 0. The number of fused-ring (bicyclic) bond motifs is 1. The Morgan fingerprint density at radius 2 is 1.66 bits per heavy atom. The third kappa shape index (κ3) is 6.37. The average Bonchev–Trinajstić information content (AvgIpc) is 3.55. The van der Waals surface area contributed by atoms with Gasteiger partial charge in [0.05, 0.1) is 39.6 Å². The lowest BCUT2D eigenvalue weighted by atomic mass is 9.96. The predicted molar refractivity (Wildman–Crippen MR) is 173 cm³/mol. The number of thiazole rings is 1. The summed E-state index contributed by atoms with van der Waals surface area (Å²) in [5, 5.41) is 0. The molecule has 0 unspecified atom stereocenters. The molecule has 0 N–H and O–H groups in total. The molecule has 1 atom stereocenters. The lowest BCUT2D eigenvalue weighted by molar-refractivity contribution is -0.143. The molecule has 8 nitrogen and oxygen atoms in total. The SMILES string of the molecule is CSc1ccc([C@@H]2C(C(=O)OC(C)C)=C(C)N=c3s/c(=C\c4ccc(-c5ccc(C(=O)OC(C)C)cc5C)o4)c(=O)n32)cc1. The molecule has 0 saturated heterocycles. The Morgan fingerprint density at radius 1 is 0.977 bits per heavy atom. The van der Waals surface area contributed by atoms with Gasteiger partial charge in [-0.2, -0.15) is 0 Å². The number of aryl methyl sites for hydroxylation is 1. The molecule has 2 aromatic heterocycles. The summed E-state index contributed by atoms with van der Waals surface area (Å²) in [5.74, 6) is 0.221. The Labute approximate surface area is 263 Å². The van der Waals surface area contributed by atoms with E-state index in [9.17, 15) is 14.4 Å². The Balaban J connectivity index is 1.55. The number of allylic oxidation sites excluding steroid dienone is 1. The number of aromatic nitrogens is 1. The van der Waals surface area contributed by atoms with Crippen LogP contribution in [0, 0.1) is 6.92 Å². The zero-order chi connectivity index (χ0) is 31.7. The Bertz CT molecular complexity index is 1940. The summed E-state index contributed by atoms with van der Waals surface area (Å²) in [6.07, 6.45) is 3.15. The zero-order valence-electron chi connectivity index (χ0n) is 25.7. The molecule has 44 heavy (non-hydrogen) atoms. The number of hydrogen-bond acceptors (Lipinski definition) is 9. The lowest BCUT2D eigenvalue weighted by Gasteiger charge is -2.25. The molecule has 0 bridgehead atoms. The van der Waals surface area contributed by atoms with E-state index in [1.807, 2.05) is 63.4 Å². The van der Waals surface area contributed by atoms with Crippen molar-refractivity contribution in [3.8, 4) is 11.3 Å². The molecule has 228 valence electrons. The second-order valence-electron chi connectivity index (χ2n) is 11.0. The molecule has 0 amide bonds. The minimum Gasteiger partial charge on any atom is -0.459 e. The van der Waals surface area contributed by atoms with Crippen molar-refractivity contribution in [1.82, 2.24) is 4.57 Å². The molecular weight excluding hydrogens is 597 g/mol. The van der Waals surface area contributed by atoms with Crippen LogP contribution >= 0.6 is 23.1 Å². The Morgan fingerprint density at radius 3 is 2.30 bits per heavy atom. The van der Waals surface area contributed by atoms with Crippen LogP contribution in [0.15, 0.2) is 85.0 Å². The van der Waals surface area contributed by atoms with Gasteiger partial charge in [-0.1, -0.05) is 29.5 Å². The lowest BCUT2D eigenvalue weighted by Crippen LogP contribution is -2.40. The summed E-state index contributed by atoms with van der Waals surface area (Å²) >= 11 is 2.85. The van der Waals surface area contributed by atoms with Crippen molar-refractivity contribution in [2.24, 2.45) is 4.99 Å². The van der Waals surface area contributed by atoms with Crippen molar-refractivity contribution < 1.29 is 23.5 Å². The quantitative estimate of drug-likeness (QED) is 0.173. The first-order valence-electron chi connectivity index (χ1n) is 14.3. The van der Waals surface area contributed by atoms with Gasteiger partial charge in [0, 0.05) is 16.5 Å². The molecule has 0 radical (unpaired) electrons. The summed E-state index contributed by atoms with van der Waals surface area (Å²) < 4.78 is 19.0. The van der Waals surface area contributed by atoms with Gasteiger partial charge in [-0.25, -0.2) is 14.6 Å². The smallest absolute Gasteiger partial charge is 0.338 e. The van der Waals surface area contributed by atoms with Crippen LogP contribution in [0.2, 0.25) is 0 Å². The van der Waals surface area contributed by atoms with Crippen molar-refractivity contribution >= 4 is 41.1 Å². The van der Waals surface area contributed by atoms with E-state index in [0.29, 0.717) is 37.7 Å². The van der Waals surface area contributed by atoms with Crippen LogP contribution < -0.4 is 14.9 Å². The number of hydrogen-bond donors (Lipinski definition) is 0. The average molecular weight is 631 g/mol. The summed E-state index contributed by atoms with van der Waals surface area (Å²) in [4.78, 5) is 45.8. The van der Waals surface area contributed by atoms with Gasteiger partial charge in [0.2, 0.25) is 0 Å². The first kappa shape index (κ1) is 31.3. The van der Waals surface area contributed by atoms with Crippen LogP contribution in [-0.2, 0) is 14.3 Å². The molecule has 0 saturated carbocycles. The molecule has 2 aromatic carbocycles. The Kier molecular flexibility index (Phi) is 9.12. The Hall–Kier alpha value is -4.15. The van der Waals surface area contributed by atoms with E-state index in [2.05, 4.69) is 4.99 Å². The van der Waals surface area contributed by atoms with Gasteiger partial charge in [0.25, 0.3) is 5.56 Å². The number of ether oxygens (including phenoxy) is 2. The minimum atomic E-state index is -0.689. The largest absolute Gasteiger partial charge is 0.459 e. The highest BCUT2D eigenvalue weighted by Crippen LogP contribution is 2.32. The second-order valence-corrected chi connectivity index (χ2v) is 12.9. The van der Waals surface area contributed by atoms with Crippen LogP contribution in [0.5, 0.6) is 0 Å². The van der Waals surface area contributed by atoms with Crippen molar-refractivity contribution in [3.05, 3.63) is 108 Å². The summed E-state index contributed by atoms with van der Waals surface area (Å²) in [6.45, 7) is 10.9. The molecular formula is C34H34N2O6S2. The molecule has 0 aliphatic carbocycles. The molecule has 1 aliphatic heterocycles. The number of carbonyl (C=O) groups excluding carboxylic acids is 2. The van der Waals surface area contributed by atoms with E-state index < -0.39 is 12.0 Å². The van der Waals surface area contributed by atoms with Gasteiger partial charge in [-0.3, -0.25) is 9.36 Å². The fourth-order valence-corrected chi connectivity index (χ4v) is 6.45. The van der Waals surface area contributed by atoms with Crippen molar-refractivity contribution in [2.75, 3.05) is 6.26 Å². The van der Waals surface area contributed by atoms with E-state index in [-0.39, 0.29) is 23.7 Å². The molecule has 3 heterocycles. The number of thioether (sulfide) groups is 1. The van der Waals surface area contributed by atoms with Gasteiger partial charge >= 0.3 is 11.9 Å². The van der Waals surface area contributed by atoms with Crippen molar-refractivity contribution in [2.45, 2.75) is 64.7 Å². The number of carbonyl (C=O) groups is 2. The second kappa shape index (κ2) is 12.8. The van der Waals surface area contributed by atoms with Crippen LogP contribution in [-0.4, -0.2) is 35.0 Å². The molecule has 10 heteroatoms. The maximum atomic E-state index is 13.9. The fourth-order valence-electron chi connectivity index (χ4n) is 5.02. The van der Waals surface area contributed by atoms with E-state index >= 15 is 0 Å². The van der Waals surface area contributed by atoms with Gasteiger partial charge in [-0.05, 0) is 95.3 Å². The molecule has 4 aromatic rings. The predicted octanol–water partition coefficient (Wildman–Crippen LogP) is 6.04. The molecule has 5 rings (SSSR count). The van der Waals surface area contributed by atoms with Crippen LogP contribution in [0.3, 0.4) is 0 Å². The number of nitrogens with zero attached hydrogens (tertiary/aromatic N) is 2. The molecule has 0 spiro atoms. The first-order valence-corrected chi connectivity index (χ1v) is 16.3. The minimum absolute atomic E-state index is 0.207. The van der Waals surface area contributed by atoms with E-state index in [4.69, 9.17) is 13.9 Å². The van der Waals surface area contributed by atoms with E-state index in [0.717, 1.165) is 21.6 Å². The topological polar surface area (TPSA) is 100 Å². The van der Waals surface area contributed by atoms with Gasteiger partial charge < -0.3 is 13.9 Å². The monoisotopic (exact) mass is 630 g/mol. The van der Waals surface area contributed by atoms with Gasteiger partial charge in [0.15, 0.2) is 4.80 Å². The highest BCUT2D eigenvalue weighted by Gasteiger charge is 2.33. The van der Waals surface area contributed by atoms with E-state index in [1.165, 1.54) is 11.3 Å². The van der Waals surface area contributed by atoms with Crippen molar-refractivity contribution in [3.63, 3.8) is 0 Å². The highest BCUT2D eigenvalue weighted by atomic mass is 32.2. The zero-order valence-corrected chi connectivity index (χ0v) is 27.3. The summed E-state index contributed by atoms with van der Waals surface area (Å²) in [6, 6.07) is 16.1. The number of rotatable bonds is 8. The number of benzene rings is 2. The highest BCUT2D eigenvalue weighted by molar-refractivity contribution is 7.98. The van der Waals surface area contributed by atoms with Crippen molar-refractivity contribution in [1.29, 1.82) is 0 Å². The first-order chi connectivity index (χ1) is 21.0. The van der Waals surface area contributed by atoms with E-state index in [1.54, 1.807) is 61.4 Å². The van der Waals surface area contributed by atoms with Crippen LogP contribution in [0.1, 0.15) is 67.9 Å². The maximum absolute atomic E-state index is 13.9. The molecule has 1 aliphatic rings.